The number of nitrogens with zero attached hydrogens (tertiary/aromatic N) is 1. The van der Waals surface area contributed by atoms with E-state index in [4.69, 9.17) is 0 Å². The number of aryl methyl sites for hydroxylation is 1. The van der Waals surface area contributed by atoms with Gasteiger partial charge in [-0.05, 0) is 43.5 Å². The summed E-state index contributed by atoms with van der Waals surface area (Å²) in [4.78, 5) is 13.9. The van der Waals surface area contributed by atoms with E-state index in [9.17, 15) is 14.3 Å². The fourth-order valence-corrected chi connectivity index (χ4v) is 2.68. The number of carbonyl (C=O) groups excluding carboxylic acids is 1. The Kier molecular flexibility index (Phi) is 4.20. The Bertz CT molecular complexity index is 475. The highest BCUT2D eigenvalue weighted by Gasteiger charge is 2.29. The van der Waals surface area contributed by atoms with Gasteiger partial charge in [0.2, 0.25) is 0 Å². The molecule has 1 aliphatic carbocycles. The lowest BCUT2D eigenvalue weighted by atomic mass is 9.91. The second kappa shape index (κ2) is 5.70. The van der Waals surface area contributed by atoms with Crippen LogP contribution in [0.5, 0.6) is 0 Å². The summed E-state index contributed by atoms with van der Waals surface area (Å²) in [5.74, 6) is -0.467. The molecule has 1 aromatic rings. The van der Waals surface area contributed by atoms with Crippen molar-refractivity contribution in [1.82, 2.24) is 4.90 Å². The summed E-state index contributed by atoms with van der Waals surface area (Å²) >= 11 is 0. The molecular weight excluding hydrogens is 245 g/mol. The molecule has 0 heterocycles. The molecule has 0 aliphatic heterocycles. The van der Waals surface area contributed by atoms with Crippen LogP contribution >= 0.6 is 0 Å². The summed E-state index contributed by atoms with van der Waals surface area (Å²) in [7, 11) is 1.71. The minimum absolute atomic E-state index is 0.133. The topological polar surface area (TPSA) is 40.5 Å². The third kappa shape index (κ3) is 2.95. The average molecular weight is 265 g/mol. The van der Waals surface area contributed by atoms with Gasteiger partial charge >= 0.3 is 0 Å². The summed E-state index contributed by atoms with van der Waals surface area (Å²) in [6.07, 6.45) is 3.15. The third-order valence-corrected chi connectivity index (χ3v) is 3.92. The van der Waals surface area contributed by atoms with Gasteiger partial charge in [-0.3, -0.25) is 4.79 Å². The molecule has 0 bridgehead atoms. The molecule has 19 heavy (non-hydrogen) atoms. The molecule has 4 heteroatoms. The maximum absolute atomic E-state index is 13.2. The monoisotopic (exact) mass is 265 g/mol. The van der Waals surface area contributed by atoms with Gasteiger partial charge in [-0.1, -0.05) is 12.8 Å². The van der Waals surface area contributed by atoms with E-state index in [0.29, 0.717) is 11.1 Å². The van der Waals surface area contributed by atoms with Crippen LogP contribution in [0.1, 0.15) is 41.6 Å². The largest absolute Gasteiger partial charge is 0.391 e. The first kappa shape index (κ1) is 14.0. The second-order valence-electron chi connectivity index (χ2n) is 5.30. The van der Waals surface area contributed by atoms with Crippen molar-refractivity contribution >= 4 is 5.91 Å². The number of likely N-dealkylation sites (N-methyl/N-ethyl adjacent to an activating group) is 1. The Labute approximate surface area is 113 Å². The van der Waals surface area contributed by atoms with Crippen LogP contribution in [0.15, 0.2) is 18.2 Å². The van der Waals surface area contributed by atoms with Crippen LogP contribution in [0.25, 0.3) is 0 Å². The molecule has 1 aliphatic rings. The van der Waals surface area contributed by atoms with Gasteiger partial charge in [0.25, 0.3) is 5.91 Å². The van der Waals surface area contributed by atoms with Gasteiger partial charge in [0.1, 0.15) is 5.82 Å². The normalized spacial score (nSPS) is 23.2. The first-order chi connectivity index (χ1) is 9.00. The van der Waals surface area contributed by atoms with Crippen molar-refractivity contribution in [3.05, 3.63) is 35.1 Å². The van der Waals surface area contributed by atoms with E-state index in [1.165, 1.54) is 12.1 Å². The van der Waals surface area contributed by atoms with E-state index >= 15 is 0 Å². The third-order valence-electron chi connectivity index (χ3n) is 3.92. The maximum atomic E-state index is 13.2. The average Bonchev–Trinajstić information content (AvgIpc) is 2.41. The lowest BCUT2D eigenvalue weighted by molar-refractivity contribution is 0.0268. The SMILES string of the molecule is Cc1cc(C(=O)N(C)C2CCCCC2O)ccc1F. The number of carbonyl (C=O) groups is 1. The van der Waals surface area contributed by atoms with E-state index in [-0.39, 0.29) is 17.8 Å². The van der Waals surface area contributed by atoms with Crippen molar-refractivity contribution in [3.8, 4) is 0 Å². The van der Waals surface area contributed by atoms with Gasteiger partial charge in [0.05, 0.1) is 12.1 Å². The summed E-state index contributed by atoms with van der Waals surface area (Å²) in [5, 5.41) is 9.98. The molecule has 2 atom stereocenters. The predicted octanol–water partition coefficient (Wildman–Crippen LogP) is 2.51. The van der Waals surface area contributed by atoms with E-state index in [1.807, 2.05) is 0 Å². The Hall–Kier alpha value is -1.42. The first-order valence-electron chi connectivity index (χ1n) is 6.72. The van der Waals surface area contributed by atoms with Crippen molar-refractivity contribution in [3.63, 3.8) is 0 Å². The minimum Gasteiger partial charge on any atom is -0.391 e. The van der Waals surface area contributed by atoms with Crippen LogP contribution in [0.3, 0.4) is 0 Å². The molecule has 1 amide bonds. The van der Waals surface area contributed by atoms with Gasteiger partial charge < -0.3 is 10.0 Å². The Balaban J connectivity index is 2.15. The quantitative estimate of drug-likeness (QED) is 0.892. The molecule has 104 valence electrons. The zero-order chi connectivity index (χ0) is 14.0. The molecule has 2 unspecified atom stereocenters. The van der Waals surface area contributed by atoms with Crippen LogP contribution in [0.2, 0.25) is 0 Å². The zero-order valence-electron chi connectivity index (χ0n) is 11.4. The summed E-state index contributed by atoms with van der Waals surface area (Å²) in [5.41, 5.74) is 0.933. The highest BCUT2D eigenvalue weighted by molar-refractivity contribution is 5.94. The molecule has 1 fully saturated rings. The molecule has 0 aromatic heterocycles. The van der Waals surface area contributed by atoms with Gasteiger partial charge in [-0.15, -0.1) is 0 Å². The fourth-order valence-electron chi connectivity index (χ4n) is 2.68. The van der Waals surface area contributed by atoms with Crippen molar-refractivity contribution in [2.75, 3.05) is 7.05 Å². The molecule has 1 aromatic carbocycles. The molecule has 1 N–H and O–H groups in total. The minimum atomic E-state index is -0.454. The number of benzene rings is 1. The highest BCUT2D eigenvalue weighted by Crippen LogP contribution is 2.24. The standard InChI is InChI=1S/C15H20FNO2/c1-10-9-11(7-8-12(10)16)15(19)17(2)13-5-3-4-6-14(13)18/h7-9,13-14,18H,3-6H2,1-2H3. The number of hydrogen-bond donors (Lipinski definition) is 1. The fraction of sp³-hybridized carbons (Fsp3) is 0.533. The number of halogens is 1. The van der Waals surface area contributed by atoms with Gasteiger partial charge in [0, 0.05) is 12.6 Å². The molecule has 1 saturated carbocycles. The molecule has 3 nitrogen and oxygen atoms in total. The smallest absolute Gasteiger partial charge is 0.253 e. The summed E-state index contributed by atoms with van der Waals surface area (Å²) in [6, 6.07) is 4.24. The van der Waals surface area contributed by atoms with Gasteiger partial charge in [0.15, 0.2) is 0 Å². The van der Waals surface area contributed by atoms with Crippen molar-refractivity contribution in [2.45, 2.75) is 44.8 Å². The maximum Gasteiger partial charge on any atom is 0.253 e. The van der Waals surface area contributed by atoms with Crippen molar-refractivity contribution < 1.29 is 14.3 Å². The summed E-state index contributed by atoms with van der Waals surface area (Å²) < 4.78 is 13.2. The number of rotatable bonds is 2. The zero-order valence-corrected chi connectivity index (χ0v) is 11.4. The molecule has 0 radical (unpaired) electrons. The van der Waals surface area contributed by atoms with E-state index in [0.717, 1.165) is 25.7 Å². The lowest BCUT2D eigenvalue weighted by Gasteiger charge is -2.35. The van der Waals surface area contributed by atoms with Crippen molar-refractivity contribution in [1.29, 1.82) is 0 Å². The van der Waals surface area contributed by atoms with E-state index < -0.39 is 6.10 Å². The molecular formula is C15H20FNO2. The van der Waals surface area contributed by atoms with E-state index in [1.54, 1.807) is 24.9 Å². The van der Waals surface area contributed by atoms with Crippen LogP contribution in [-0.2, 0) is 0 Å². The summed E-state index contributed by atoms with van der Waals surface area (Å²) in [6.45, 7) is 1.64. The van der Waals surface area contributed by atoms with Crippen LogP contribution in [0, 0.1) is 12.7 Å². The number of aliphatic hydroxyl groups is 1. The van der Waals surface area contributed by atoms with Gasteiger partial charge in [-0.25, -0.2) is 4.39 Å². The molecule has 2 rings (SSSR count). The van der Waals surface area contributed by atoms with Gasteiger partial charge in [-0.2, -0.15) is 0 Å². The van der Waals surface area contributed by atoms with Crippen LogP contribution in [-0.4, -0.2) is 35.1 Å². The molecule has 0 spiro atoms. The first-order valence-corrected chi connectivity index (χ1v) is 6.72. The number of amides is 1. The second-order valence-corrected chi connectivity index (χ2v) is 5.30. The Morgan fingerprint density at radius 3 is 2.68 bits per heavy atom. The number of hydrogen-bond acceptors (Lipinski definition) is 2. The van der Waals surface area contributed by atoms with Crippen LogP contribution in [0.4, 0.5) is 4.39 Å². The predicted molar refractivity (Wildman–Crippen MR) is 71.5 cm³/mol. The Morgan fingerprint density at radius 1 is 1.37 bits per heavy atom. The van der Waals surface area contributed by atoms with Crippen LogP contribution < -0.4 is 0 Å². The Morgan fingerprint density at radius 2 is 2.05 bits per heavy atom. The lowest BCUT2D eigenvalue weighted by Crippen LogP contribution is -2.46. The molecule has 0 saturated heterocycles. The van der Waals surface area contributed by atoms with Crippen molar-refractivity contribution in [2.24, 2.45) is 0 Å². The number of aliphatic hydroxyl groups excluding tert-OH is 1. The van der Waals surface area contributed by atoms with E-state index in [2.05, 4.69) is 0 Å². The highest BCUT2D eigenvalue weighted by atomic mass is 19.1.